The van der Waals surface area contributed by atoms with Crippen LogP contribution in [0.2, 0.25) is 0 Å². The summed E-state index contributed by atoms with van der Waals surface area (Å²) in [7, 11) is 0. The molecule has 20 heavy (non-hydrogen) atoms. The Balaban J connectivity index is 1.91. The van der Waals surface area contributed by atoms with E-state index in [2.05, 4.69) is 40.3 Å². The minimum atomic E-state index is 0.960. The lowest BCUT2D eigenvalue weighted by atomic mass is 10.1. The van der Waals surface area contributed by atoms with Crippen LogP contribution in [0, 0.1) is 0 Å². The molecule has 0 saturated heterocycles. The van der Waals surface area contributed by atoms with Crippen LogP contribution in [0.1, 0.15) is 0 Å². The van der Waals surface area contributed by atoms with E-state index in [1.807, 2.05) is 42.7 Å². The Morgan fingerprint density at radius 1 is 0.600 bits per heavy atom. The minimum Gasteiger partial charge on any atom is -0.256 e. The van der Waals surface area contributed by atoms with Crippen LogP contribution in [0.25, 0.3) is 32.9 Å². The van der Waals surface area contributed by atoms with Crippen LogP contribution in [0.15, 0.2) is 73.1 Å². The molecule has 2 heterocycles. The Morgan fingerprint density at radius 3 is 2.25 bits per heavy atom. The summed E-state index contributed by atoms with van der Waals surface area (Å²) >= 11 is 0. The van der Waals surface area contributed by atoms with Gasteiger partial charge < -0.3 is 0 Å². The van der Waals surface area contributed by atoms with Crippen molar-refractivity contribution in [3.8, 4) is 11.3 Å². The number of nitrogens with zero attached hydrogens (tertiary/aromatic N) is 2. The van der Waals surface area contributed by atoms with Crippen LogP contribution in [0.4, 0.5) is 0 Å². The second kappa shape index (κ2) is 4.42. The molecule has 0 fully saturated rings. The number of hydrogen-bond donors (Lipinski definition) is 0. The van der Waals surface area contributed by atoms with E-state index in [0.717, 1.165) is 27.5 Å². The van der Waals surface area contributed by atoms with Crippen LogP contribution in [-0.4, -0.2) is 9.97 Å². The summed E-state index contributed by atoms with van der Waals surface area (Å²) in [6.07, 6.45) is 3.80. The van der Waals surface area contributed by atoms with Crippen molar-refractivity contribution in [3.05, 3.63) is 73.1 Å². The molecule has 2 nitrogen and oxygen atoms in total. The third kappa shape index (κ3) is 1.82. The fourth-order valence-corrected chi connectivity index (χ4v) is 2.45. The number of rotatable bonds is 1. The summed E-state index contributed by atoms with van der Waals surface area (Å²) < 4.78 is 0. The highest BCUT2D eigenvalue weighted by atomic mass is 14.7. The van der Waals surface area contributed by atoms with Gasteiger partial charge in [-0.2, -0.15) is 0 Å². The molecular weight excluding hydrogens is 244 g/mol. The summed E-state index contributed by atoms with van der Waals surface area (Å²) in [5, 5.41) is 3.50. The number of pyridine rings is 2. The van der Waals surface area contributed by atoms with Crippen molar-refractivity contribution >= 4 is 21.7 Å². The molecule has 0 aliphatic carbocycles. The minimum absolute atomic E-state index is 0.960. The van der Waals surface area contributed by atoms with Crippen molar-refractivity contribution in [1.82, 2.24) is 9.97 Å². The van der Waals surface area contributed by atoms with Gasteiger partial charge in [-0.1, -0.05) is 42.5 Å². The highest BCUT2D eigenvalue weighted by molar-refractivity contribution is 5.87. The second-order valence-corrected chi connectivity index (χ2v) is 4.83. The van der Waals surface area contributed by atoms with Crippen molar-refractivity contribution in [2.24, 2.45) is 0 Å². The standard InChI is InChI=1S/C18H12N2/c1-2-7-15-11-20-18(10-13(15)5-1)16-9-14-6-3-4-8-17(14)19-12-16/h1-12H. The van der Waals surface area contributed by atoms with Gasteiger partial charge in [0.15, 0.2) is 0 Å². The average molecular weight is 256 g/mol. The van der Waals surface area contributed by atoms with Crippen LogP contribution < -0.4 is 0 Å². The molecule has 2 aromatic heterocycles. The Hall–Kier alpha value is -2.74. The molecule has 0 spiro atoms. The topological polar surface area (TPSA) is 25.8 Å². The fraction of sp³-hybridized carbons (Fsp3) is 0. The van der Waals surface area contributed by atoms with Gasteiger partial charge in [-0.05, 0) is 23.6 Å². The smallest absolute Gasteiger partial charge is 0.0724 e. The Labute approximate surface area is 116 Å². The van der Waals surface area contributed by atoms with Gasteiger partial charge in [0, 0.05) is 28.7 Å². The van der Waals surface area contributed by atoms with Crippen molar-refractivity contribution in [3.63, 3.8) is 0 Å². The van der Waals surface area contributed by atoms with Crippen molar-refractivity contribution in [2.45, 2.75) is 0 Å². The summed E-state index contributed by atoms with van der Waals surface area (Å²) in [6.45, 7) is 0. The predicted molar refractivity (Wildman–Crippen MR) is 82.5 cm³/mol. The third-order valence-corrected chi connectivity index (χ3v) is 3.52. The molecule has 94 valence electrons. The summed E-state index contributed by atoms with van der Waals surface area (Å²) in [5.74, 6) is 0. The quantitative estimate of drug-likeness (QED) is 0.503. The maximum atomic E-state index is 4.54. The maximum absolute atomic E-state index is 4.54. The fourth-order valence-electron chi connectivity index (χ4n) is 2.45. The molecule has 4 rings (SSSR count). The van der Waals surface area contributed by atoms with Gasteiger partial charge in [0.05, 0.1) is 11.2 Å². The van der Waals surface area contributed by atoms with E-state index < -0.39 is 0 Å². The summed E-state index contributed by atoms with van der Waals surface area (Å²) in [6, 6.07) is 20.6. The predicted octanol–water partition coefficient (Wildman–Crippen LogP) is 4.45. The first kappa shape index (κ1) is 11.1. The molecule has 2 aromatic carbocycles. The number of fused-ring (bicyclic) bond motifs is 2. The monoisotopic (exact) mass is 256 g/mol. The first-order valence-corrected chi connectivity index (χ1v) is 6.60. The Bertz CT molecular complexity index is 836. The van der Waals surface area contributed by atoms with E-state index in [1.165, 1.54) is 5.39 Å². The number of aromatic nitrogens is 2. The number of benzene rings is 2. The first-order chi connectivity index (χ1) is 9.90. The summed E-state index contributed by atoms with van der Waals surface area (Å²) in [4.78, 5) is 9.04. The van der Waals surface area contributed by atoms with Crippen LogP contribution in [-0.2, 0) is 0 Å². The lowest BCUT2D eigenvalue weighted by Crippen LogP contribution is -1.86. The van der Waals surface area contributed by atoms with E-state index >= 15 is 0 Å². The van der Waals surface area contributed by atoms with Crippen molar-refractivity contribution in [1.29, 1.82) is 0 Å². The van der Waals surface area contributed by atoms with E-state index in [0.29, 0.717) is 0 Å². The Kier molecular flexibility index (Phi) is 2.46. The zero-order chi connectivity index (χ0) is 13.4. The molecule has 0 aliphatic heterocycles. The largest absolute Gasteiger partial charge is 0.256 e. The van der Waals surface area contributed by atoms with E-state index in [9.17, 15) is 0 Å². The molecule has 0 unspecified atom stereocenters. The van der Waals surface area contributed by atoms with Gasteiger partial charge in [0.1, 0.15) is 0 Å². The summed E-state index contributed by atoms with van der Waals surface area (Å²) in [5.41, 5.74) is 3.02. The lowest BCUT2D eigenvalue weighted by molar-refractivity contribution is 1.33. The molecule has 0 radical (unpaired) electrons. The number of hydrogen-bond acceptors (Lipinski definition) is 2. The van der Waals surface area contributed by atoms with Crippen molar-refractivity contribution in [2.75, 3.05) is 0 Å². The molecule has 4 aromatic rings. The van der Waals surface area contributed by atoms with Crippen LogP contribution in [0.5, 0.6) is 0 Å². The van der Waals surface area contributed by atoms with Crippen LogP contribution in [0.3, 0.4) is 0 Å². The van der Waals surface area contributed by atoms with Gasteiger partial charge in [-0.15, -0.1) is 0 Å². The molecule has 0 bridgehead atoms. The molecule has 2 heteroatoms. The van der Waals surface area contributed by atoms with E-state index in [4.69, 9.17) is 0 Å². The SMILES string of the molecule is c1ccc2cc(-c3cnc4ccccc4c3)ncc2c1. The average Bonchev–Trinajstić information content (AvgIpc) is 2.54. The molecule has 0 amide bonds. The lowest BCUT2D eigenvalue weighted by Gasteiger charge is -2.04. The van der Waals surface area contributed by atoms with Crippen LogP contribution >= 0.6 is 0 Å². The van der Waals surface area contributed by atoms with Gasteiger partial charge in [-0.3, -0.25) is 9.97 Å². The normalized spacial score (nSPS) is 11.0. The van der Waals surface area contributed by atoms with Gasteiger partial charge in [0.25, 0.3) is 0 Å². The van der Waals surface area contributed by atoms with Gasteiger partial charge in [-0.25, -0.2) is 0 Å². The maximum Gasteiger partial charge on any atom is 0.0724 e. The highest BCUT2D eigenvalue weighted by Gasteiger charge is 2.03. The molecule has 0 aliphatic rings. The Morgan fingerprint density at radius 2 is 1.35 bits per heavy atom. The van der Waals surface area contributed by atoms with Gasteiger partial charge in [0.2, 0.25) is 0 Å². The zero-order valence-corrected chi connectivity index (χ0v) is 10.8. The molecule has 0 saturated carbocycles. The number of para-hydroxylation sites is 1. The molecule has 0 atom stereocenters. The third-order valence-electron chi connectivity index (χ3n) is 3.52. The highest BCUT2D eigenvalue weighted by Crippen LogP contribution is 2.24. The zero-order valence-electron chi connectivity index (χ0n) is 10.8. The van der Waals surface area contributed by atoms with Gasteiger partial charge >= 0.3 is 0 Å². The van der Waals surface area contributed by atoms with E-state index in [-0.39, 0.29) is 0 Å². The van der Waals surface area contributed by atoms with E-state index in [1.54, 1.807) is 0 Å². The first-order valence-electron chi connectivity index (χ1n) is 6.60. The molecule has 0 N–H and O–H groups in total. The second-order valence-electron chi connectivity index (χ2n) is 4.83. The van der Waals surface area contributed by atoms with Crippen molar-refractivity contribution < 1.29 is 0 Å². The molecular formula is C18H12N2.